The first-order valence-corrected chi connectivity index (χ1v) is 7.58. The van der Waals surface area contributed by atoms with Crippen molar-refractivity contribution in [3.8, 4) is 0 Å². The minimum Gasteiger partial charge on any atom is -0.340 e. The summed E-state index contributed by atoms with van der Waals surface area (Å²) in [6, 6.07) is 6.85. The highest BCUT2D eigenvalue weighted by Crippen LogP contribution is 2.26. The SMILES string of the molecule is NCC(=O)N1CCCC(SCc2ccccc2F)C1. The van der Waals surface area contributed by atoms with Crippen LogP contribution in [0.5, 0.6) is 0 Å². The van der Waals surface area contributed by atoms with E-state index in [4.69, 9.17) is 5.73 Å². The monoisotopic (exact) mass is 282 g/mol. The molecule has 1 aromatic rings. The predicted molar refractivity (Wildman–Crippen MR) is 76.4 cm³/mol. The summed E-state index contributed by atoms with van der Waals surface area (Å²) < 4.78 is 13.5. The van der Waals surface area contributed by atoms with Crippen LogP contribution in [0.2, 0.25) is 0 Å². The number of benzene rings is 1. The summed E-state index contributed by atoms with van der Waals surface area (Å²) in [5.74, 6) is 0.513. The van der Waals surface area contributed by atoms with E-state index in [2.05, 4.69) is 0 Å². The van der Waals surface area contributed by atoms with Gasteiger partial charge in [-0.3, -0.25) is 4.79 Å². The molecule has 1 saturated heterocycles. The summed E-state index contributed by atoms with van der Waals surface area (Å²) in [4.78, 5) is 13.4. The normalized spacial score (nSPS) is 19.5. The predicted octanol–water partition coefficient (Wildman–Crippen LogP) is 2.01. The van der Waals surface area contributed by atoms with E-state index in [1.54, 1.807) is 17.8 Å². The van der Waals surface area contributed by atoms with Gasteiger partial charge in [0.2, 0.25) is 5.91 Å². The van der Waals surface area contributed by atoms with Crippen LogP contribution < -0.4 is 5.73 Å². The Hall–Kier alpha value is -1.07. The molecule has 5 heteroatoms. The molecule has 1 aromatic carbocycles. The van der Waals surface area contributed by atoms with Gasteiger partial charge in [0.25, 0.3) is 0 Å². The molecular formula is C14H19FN2OS. The van der Waals surface area contributed by atoms with Crippen LogP contribution in [0.3, 0.4) is 0 Å². The topological polar surface area (TPSA) is 46.3 Å². The Morgan fingerprint density at radius 1 is 1.47 bits per heavy atom. The van der Waals surface area contributed by atoms with Crippen molar-refractivity contribution in [2.45, 2.75) is 23.8 Å². The van der Waals surface area contributed by atoms with Crippen molar-refractivity contribution in [2.75, 3.05) is 19.6 Å². The molecule has 1 heterocycles. The maximum atomic E-state index is 13.5. The molecule has 2 rings (SSSR count). The lowest BCUT2D eigenvalue weighted by Crippen LogP contribution is -2.43. The Morgan fingerprint density at radius 2 is 2.26 bits per heavy atom. The molecule has 1 amide bonds. The zero-order chi connectivity index (χ0) is 13.7. The van der Waals surface area contributed by atoms with Crippen molar-refractivity contribution >= 4 is 17.7 Å². The van der Waals surface area contributed by atoms with Gasteiger partial charge in [0.1, 0.15) is 5.82 Å². The van der Waals surface area contributed by atoms with Gasteiger partial charge in [-0.05, 0) is 24.5 Å². The third kappa shape index (κ3) is 3.94. The van der Waals surface area contributed by atoms with Crippen molar-refractivity contribution in [3.63, 3.8) is 0 Å². The lowest BCUT2D eigenvalue weighted by atomic mass is 10.1. The van der Waals surface area contributed by atoms with Gasteiger partial charge >= 0.3 is 0 Å². The number of carbonyl (C=O) groups is 1. The maximum Gasteiger partial charge on any atom is 0.236 e. The number of amides is 1. The Bertz CT molecular complexity index is 441. The van der Waals surface area contributed by atoms with Crippen molar-refractivity contribution in [1.82, 2.24) is 4.90 Å². The fourth-order valence-electron chi connectivity index (χ4n) is 2.25. The van der Waals surface area contributed by atoms with Crippen molar-refractivity contribution in [1.29, 1.82) is 0 Å². The summed E-state index contributed by atoms with van der Waals surface area (Å²) in [6.45, 7) is 1.60. The molecule has 1 atom stereocenters. The molecule has 1 fully saturated rings. The Kier molecular flexibility index (Phi) is 5.22. The van der Waals surface area contributed by atoms with E-state index in [9.17, 15) is 9.18 Å². The fraction of sp³-hybridized carbons (Fsp3) is 0.500. The largest absolute Gasteiger partial charge is 0.340 e. The number of halogens is 1. The Morgan fingerprint density at radius 3 is 3.00 bits per heavy atom. The quantitative estimate of drug-likeness (QED) is 0.919. The molecular weight excluding hydrogens is 263 g/mol. The molecule has 3 nitrogen and oxygen atoms in total. The number of hydrogen-bond donors (Lipinski definition) is 1. The number of nitrogens with two attached hydrogens (primary N) is 1. The number of hydrogen-bond acceptors (Lipinski definition) is 3. The second-order valence-electron chi connectivity index (χ2n) is 4.71. The highest BCUT2D eigenvalue weighted by molar-refractivity contribution is 7.99. The second-order valence-corrected chi connectivity index (χ2v) is 6.00. The van der Waals surface area contributed by atoms with E-state index >= 15 is 0 Å². The average Bonchev–Trinajstić information content (AvgIpc) is 2.46. The molecule has 19 heavy (non-hydrogen) atoms. The van der Waals surface area contributed by atoms with Gasteiger partial charge < -0.3 is 10.6 Å². The van der Waals surface area contributed by atoms with Gasteiger partial charge in [-0.15, -0.1) is 0 Å². The molecule has 1 unspecified atom stereocenters. The van der Waals surface area contributed by atoms with Crippen LogP contribution in [0.1, 0.15) is 18.4 Å². The molecule has 0 aromatic heterocycles. The Labute approximate surface area is 117 Å². The van der Waals surface area contributed by atoms with Crippen molar-refractivity contribution < 1.29 is 9.18 Å². The van der Waals surface area contributed by atoms with Gasteiger partial charge in [-0.1, -0.05) is 18.2 Å². The summed E-state index contributed by atoms with van der Waals surface area (Å²) in [5.41, 5.74) is 6.12. The van der Waals surface area contributed by atoms with E-state index in [1.165, 1.54) is 6.07 Å². The number of likely N-dealkylation sites (tertiary alicyclic amines) is 1. The van der Waals surface area contributed by atoms with Gasteiger partial charge in [0, 0.05) is 24.1 Å². The number of thioether (sulfide) groups is 1. The van der Waals surface area contributed by atoms with Crippen LogP contribution >= 0.6 is 11.8 Å². The summed E-state index contributed by atoms with van der Waals surface area (Å²) in [7, 11) is 0. The minimum absolute atomic E-state index is 0.0104. The molecule has 0 bridgehead atoms. The van der Waals surface area contributed by atoms with Gasteiger partial charge in [-0.2, -0.15) is 11.8 Å². The summed E-state index contributed by atoms with van der Waals surface area (Å²) >= 11 is 1.72. The van der Waals surface area contributed by atoms with Crippen LogP contribution in [-0.4, -0.2) is 35.7 Å². The average molecular weight is 282 g/mol. The van der Waals surface area contributed by atoms with Crippen LogP contribution in [-0.2, 0) is 10.5 Å². The van der Waals surface area contributed by atoms with E-state index < -0.39 is 0 Å². The van der Waals surface area contributed by atoms with Gasteiger partial charge in [0.15, 0.2) is 0 Å². The summed E-state index contributed by atoms with van der Waals surface area (Å²) in [5, 5.41) is 0.379. The van der Waals surface area contributed by atoms with Crippen molar-refractivity contribution in [2.24, 2.45) is 5.73 Å². The van der Waals surface area contributed by atoms with E-state index in [0.717, 1.165) is 31.5 Å². The number of nitrogens with zero attached hydrogens (tertiary/aromatic N) is 1. The van der Waals surface area contributed by atoms with Crippen LogP contribution in [0, 0.1) is 5.82 Å². The highest BCUT2D eigenvalue weighted by Gasteiger charge is 2.23. The molecule has 1 aliphatic heterocycles. The molecule has 0 saturated carbocycles. The maximum absolute atomic E-state index is 13.5. The van der Waals surface area contributed by atoms with E-state index in [0.29, 0.717) is 11.0 Å². The summed E-state index contributed by atoms with van der Waals surface area (Å²) in [6.07, 6.45) is 2.08. The van der Waals surface area contributed by atoms with E-state index in [-0.39, 0.29) is 18.3 Å². The Balaban J connectivity index is 1.86. The zero-order valence-electron chi connectivity index (χ0n) is 10.8. The molecule has 0 aliphatic carbocycles. The van der Waals surface area contributed by atoms with Crippen LogP contribution in [0.4, 0.5) is 4.39 Å². The molecule has 104 valence electrons. The molecule has 0 radical (unpaired) electrons. The number of piperidine rings is 1. The molecule has 0 spiro atoms. The van der Waals surface area contributed by atoms with Crippen LogP contribution in [0.15, 0.2) is 24.3 Å². The highest BCUT2D eigenvalue weighted by atomic mass is 32.2. The zero-order valence-corrected chi connectivity index (χ0v) is 11.7. The third-order valence-corrected chi connectivity index (χ3v) is 4.67. The standard InChI is InChI=1S/C14H19FN2OS/c15-13-6-2-1-4-11(13)10-19-12-5-3-7-17(9-12)14(18)8-16/h1-2,4,6,12H,3,5,7-10,16H2. The minimum atomic E-state index is -0.152. The van der Waals surface area contributed by atoms with Crippen LogP contribution in [0.25, 0.3) is 0 Å². The number of rotatable bonds is 4. The first kappa shape index (κ1) is 14.3. The lowest BCUT2D eigenvalue weighted by molar-refractivity contribution is -0.130. The number of carbonyl (C=O) groups excluding carboxylic acids is 1. The van der Waals surface area contributed by atoms with Crippen molar-refractivity contribution in [3.05, 3.63) is 35.6 Å². The fourth-order valence-corrected chi connectivity index (χ4v) is 3.52. The van der Waals surface area contributed by atoms with Gasteiger partial charge in [0.05, 0.1) is 6.54 Å². The first-order valence-electron chi connectivity index (χ1n) is 6.53. The molecule has 2 N–H and O–H groups in total. The molecule has 1 aliphatic rings. The smallest absolute Gasteiger partial charge is 0.236 e. The lowest BCUT2D eigenvalue weighted by Gasteiger charge is -2.32. The third-order valence-electron chi connectivity index (χ3n) is 3.34. The van der Waals surface area contributed by atoms with Gasteiger partial charge in [-0.25, -0.2) is 4.39 Å². The first-order chi connectivity index (χ1) is 9.20. The second kappa shape index (κ2) is 6.91. The van der Waals surface area contributed by atoms with E-state index in [1.807, 2.05) is 17.0 Å².